The van der Waals surface area contributed by atoms with Crippen molar-refractivity contribution in [3.05, 3.63) is 23.4 Å². The zero-order valence-corrected chi connectivity index (χ0v) is 12.1. The van der Waals surface area contributed by atoms with Gasteiger partial charge in [-0.2, -0.15) is 0 Å². The van der Waals surface area contributed by atoms with E-state index in [-0.39, 0.29) is 6.61 Å². The highest BCUT2D eigenvalue weighted by Gasteiger charge is 2.12. The largest absolute Gasteiger partial charge is 0.392 e. The molecule has 18 heavy (non-hydrogen) atoms. The first-order valence-corrected chi connectivity index (χ1v) is 6.99. The maximum Gasteiger partial charge on any atom is 0.129 e. The quantitative estimate of drug-likeness (QED) is 0.807. The number of aryl methyl sites for hydroxylation is 1. The molecule has 1 N–H and O–H groups in total. The maximum atomic E-state index is 9.36. The van der Waals surface area contributed by atoms with Crippen LogP contribution < -0.4 is 4.90 Å². The molecule has 0 amide bonds. The molecule has 3 heteroatoms. The molecule has 1 heterocycles. The van der Waals surface area contributed by atoms with Crippen molar-refractivity contribution in [3.63, 3.8) is 0 Å². The van der Waals surface area contributed by atoms with Gasteiger partial charge in [-0.25, -0.2) is 4.98 Å². The summed E-state index contributed by atoms with van der Waals surface area (Å²) in [6.45, 7) is 9.79. The monoisotopic (exact) mass is 250 g/mol. The first-order chi connectivity index (χ1) is 8.62. The molecule has 0 aliphatic carbocycles. The van der Waals surface area contributed by atoms with Crippen molar-refractivity contribution in [3.8, 4) is 0 Å². The summed E-state index contributed by atoms with van der Waals surface area (Å²) in [6, 6.07) is 4.45. The molecular weight excluding hydrogens is 224 g/mol. The van der Waals surface area contributed by atoms with Gasteiger partial charge in [-0.3, -0.25) is 0 Å². The molecule has 0 saturated heterocycles. The SMILES string of the molecule is CCCc1cc(CO)cc(N(CCC)C(C)C)n1. The summed E-state index contributed by atoms with van der Waals surface area (Å²) >= 11 is 0. The Kier molecular flexibility index (Phi) is 6.13. The fourth-order valence-electron chi connectivity index (χ4n) is 2.13. The Bertz CT molecular complexity index is 364. The van der Waals surface area contributed by atoms with Crippen LogP contribution in [0.15, 0.2) is 12.1 Å². The number of aliphatic hydroxyl groups excluding tert-OH is 1. The van der Waals surface area contributed by atoms with Gasteiger partial charge in [-0.05, 0) is 44.4 Å². The van der Waals surface area contributed by atoms with E-state index in [2.05, 4.69) is 32.6 Å². The highest BCUT2D eigenvalue weighted by atomic mass is 16.3. The minimum Gasteiger partial charge on any atom is -0.392 e. The number of hydrogen-bond donors (Lipinski definition) is 1. The van der Waals surface area contributed by atoms with Crippen LogP contribution in [-0.2, 0) is 13.0 Å². The van der Waals surface area contributed by atoms with Crippen LogP contribution >= 0.6 is 0 Å². The molecule has 0 saturated carbocycles. The zero-order valence-electron chi connectivity index (χ0n) is 12.1. The van der Waals surface area contributed by atoms with Gasteiger partial charge in [-0.1, -0.05) is 20.3 Å². The van der Waals surface area contributed by atoms with Crippen LogP contribution in [0.5, 0.6) is 0 Å². The van der Waals surface area contributed by atoms with E-state index in [1.165, 1.54) is 0 Å². The normalized spacial score (nSPS) is 11.0. The zero-order chi connectivity index (χ0) is 13.5. The molecule has 0 spiro atoms. The average molecular weight is 250 g/mol. The summed E-state index contributed by atoms with van der Waals surface area (Å²) in [4.78, 5) is 7.03. The predicted molar refractivity (Wildman–Crippen MR) is 76.9 cm³/mol. The number of anilines is 1. The molecule has 3 nitrogen and oxygen atoms in total. The van der Waals surface area contributed by atoms with Crippen LogP contribution in [-0.4, -0.2) is 22.7 Å². The highest BCUT2D eigenvalue weighted by molar-refractivity contribution is 5.43. The van der Waals surface area contributed by atoms with Crippen molar-refractivity contribution < 1.29 is 5.11 Å². The van der Waals surface area contributed by atoms with Gasteiger partial charge in [-0.15, -0.1) is 0 Å². The minimum absolute atomic E-state index is 0.0876. The number of aliphatic hydroxyl groups is 1. The van der Waals surface area contributed by atoms with Gasteiger partial charge in [0.25, 0.3) is 0 Å². The molecule has 0 bridgehead atoms. The molecule has 1 aromatic heterocycles. The standard InChI is InChI=1S/C15H26N2O/c1-5-7-14-9-13(11-18)10-15(16-14)17(8-6-2)12(3)4/h9-10,12,18H,5-8,11H2,1-4H3. The topological polar surface area (TPSA) is 36.4 Å². The lowest BCUT2D eigenvalue weighted by molar-refractivity contribution is 0.281. The molecule has 0 atom stereocenters. The Balaban J connectivity index is 3.07. The molecule has 0 unspecified atom stereocenters. The molecule has 0 aliphatic rings. The van der Waals surface area contributed by atoms with Crippen molar-refractivity contribution >= 4 is 5.82 Å². The van der Waals surface area contributed by atoms with Gasteiger partial charge in [0.2, 0.25) is 0 Å². The predicted octanol–water partition coefficient (Wildman–Crippen LogP) is 3.15. The second-order valence-corrected chi connectivity index (χ2v) is 5.02. The lowest BCUT2D eigenvalue weighted by atomic mass is 10.1. The van der Waals surface area contributed by atoms with Crippen molar-refractivity contribution in [2.24, 2.45) is 0 Å². The molecule has 0 aliphatic heterocycles. The van der Waals surface area contributed by atoms with Crippen molar-refractivity contribution in [1.29, 1.82) is 0 Å². The Labute approximate surface area is 111 Å². The molecule has 0 fully saturated rings. The van der Waals surface area contributed by atoms with Crippen LogP contribution in [0, 0.1) is 0 Å². The van der Waals surface area contributed by atoms with Crippen molar-refractivity contribution in [2.75, 3.05) is 11.4 Å². The lowest BCUT2D eigenvalue weighted by Crippen LogP contribution is -2.32. The Morgan fingerprint density at radius 1 is 1.22 bits per heavy atom. The smallest absolute Gasteiger partial charge is 0.129 e. The van der Waals surface area contributed by atoms with Gasteiger partial charge in [0.15, 0.2) is 0 Å². The number of rotatable bonds is 7. The average Bonchev–Trinajstić information content (AvgIpc) is 2.35. The van der Waals surface area contributed by atoms with Crippen LogP contribution in [0.3, 0.4) is 0 Å². The lowest BCUT2D eigenvalue weighted by Gasteiger charge is -2.28. The third kappa shape index (κ3) is 3.98. The molecule has 0 aromatic carbocycles. The van der Waals surface area contributed by atoms with E-state index in [4.69, 9.17) is 4.98 Å². The number of nitrogens with zero attached hydrogens (tertiary/aromatic N) is 2. The first-order valence-electron chi connectivity index (χ1n) is 6.99. The second-order valence-electron chi connectivity index (χ2n) is 5.02. The molecule has 102 valence electrons. The number of aromatic nitrogens is 1. The first kappa shape index (κ1) is 15.0. The third-order valence-electron chi connectivity index (χ3n) is 3.00. The number of pyridine rings is 1. The Morgan fingerprint density at radius 2 is 1.94 bits per heavy atom. The molecular formula is C15H26N2O. The number of hydrogen-bond acceptors (Lipinski definition) is 3. The van der Waals surface area contributed by atoms with Gasteiger partial charge in [0, 0.05) is 18.3 Å². The summed E-state index contributed by atoms with van der Waals surface area (Å²) in [5.41, 5.74) is 2.05. The third-order valence-corrected chi connectivity index (χ3v) is 3.00. The van der Waals surface area contributed by atoms with Crippen LogP contribution in [0.4, 0.5) is 5.82 Å². The van der Waals surface area contributed by atoms with E-state index in [1.54, 1.807) is 0 Å². The maximum absolute atomic E-state index is 9.36. The summed E-state index contributed by atoms with van der Waals surface area (Å²) in [7, 11) is 0. The van der Waals surface area contributed by atoms with Gasteiger partial charge in [0.05, 0.1) is 6.61 Å². The van der Waals surface area contributed by atoms with Gasteiger partial charge < -0.3 is 10.0 Å². The molecule has 1 rings (SSSR count). The fourth-order valence-corrected chi connectivity index (χ4v) is 2.13. The minimum atomic E-state index is 0.0876. The summed E-state index contributed by atoms with van der Waals surface area (Å²) in [5.74, 6) is 1.00. The summed E-state index contributed by atoms with van der Waals surface area (Å²) in [6.07, 6.45) is 3.15. The highest BCUT2D eigenvalue weighted by Crippen LogP contribution is 2.19. The van der Waals surface area contributed by atoms with E-state index < -0.39 is 0 Å². The van der Waals surface area contributed by atoms with Crippen LogP contribution in [0.25, 0.3) is 0 Å². The van der Waals surface area contributed by atoms with E-state index in [0.717, 1.165) is 42.9 Å². The van der Waals surface area contributed by atoms with E-state index in [1.807, 2.05) is 12.1 Å². The summed E-state index contributed by atoms with van der Waals surface area (Å²) < 4.78 is 0. The Morgan fingerprint density at radius 3 is 2.44 bits per heavy atom. The van der Waals surface area contributed by atoms with Crippen LogP contribution in [0.1, 0.15) is 51.8 Å². The van der Waals surface area contributed by atoms with E-state index >= 15 is 0 Å². The van der Waals surface area contributed by atoms with E-state index in [0.29, 0.717) is 6.04 Å². The van der Waals surface area contributed by atoms with Crippen molar-refractivity contribution in [2.45, 2.75) is 59.6 Å². The Hall–Kier alpha value is -1.09. The molecule has 0 radical (unpaired) electrons. The fraction of sp³-hybridized carbons (Fsp3) is 0.667. The van der Waals surface area contributed by atoms with Crippen molar-refractivity contribution in [1.82, 2.24) is 4.98 Å². The second kappa shape index (κ2) is 7.37. The van der Waals surface area contributed by atoms with Gasteiger partial charge >= 0.3 is 0 Å². The van der Waals surface area contributed by atoms with Crippen LogP contribution in [0.2, 0.25) is 0 Å². The van der Waals surface area contributed by atoms with E-state index in [9.17, 15) is 5.11 Å². The summed E-state index contributed by atoms with van der Waals surface area (Å²) in [5, 5.41) is 9.36. The molecule has 1 aromatic rings. The van der Waals surface area contributed by atoms with Gasteiger partial charge in [0.1, 0.15) is 5.82 Å².